The van der Waals surface area contributed by atoms with E-state index in [1.54, 1.807) is 7.11 Å². The van der Waals surface area contributed by atoms with Crippen LogP contribution in [0.5, 0.6) is 0 Å². The quantitative estimate of drug-likeness (QED) is 0.778. The highest BCUT2D eigenvalue weighted by atomic mass is 32.2. The first-order chi connectivity index (χ1) is 9.74. The van der Waals surface area contributed by atoms with Crippen LogP contribution in [0.25, 0.3) is 0 Å². The molecule has 1 heterocycles. The van der Waals surface area contributed by atoms with Crippen LogP contribution in [0.3, 0.4) is 0 Å². The van der Waals surface area contributed by atoms with Crippen molar-refractivity contribution >= 4 is 17.7 Å². The third kappa shape index (κ3) is 5.96. The van der Waals surface area contributed by atoms with Gasteiger partial charge in [-0.25, -0.2) is 4.98 Å². The summed E-state index contributed by atoms with van der Waals surface area (Å²) in [5, 5.41) is 2.43. The summed E-state index contributed by atoms with van der Waals surface area (Å²) in [6, 6.07) is 0. The van der Waals surface area contributed by atoms with E-state index in [1.165, 1.54) is 0 Å². The zero-order chi connectivity index (χ0) is 16.0. The number of aromatic nitrogens is 2. The minimum atomic E-state index is -4.40. The van der Waals surface area contributed by atoms with E-state index in [4.69, 9.17) is 4.74 Å². The molecule has 0 spiro atoms. The Morgan fingerprint density at radius 3 is 2.67 bits per heavy atom. The SMILES string of the molecule is COCCn1c(SCC(=O)NCC(F)(F)F)nc(C)c1C. The maximum Gasteiger partial charge on any atom is 0.405 e. The number of nitrogens with zero attached hydrogens (tertiary/aromatic N) is 2. The zero-order valence-electron chi connectivity index (χ0n) is 12.1. The number of carbonyl (C=O) groups excluding carboxylic acids is 1. The number of ether oxygens (including phenoxy) is 1. The van der Waals surface area contributed by atoms with E-state index in [0.717, 1.165) is 23.1 Å². The van der Waals surface area contributed by atoms with E-state index in [0.29, 0.717) is 18.3 Å². The van der Waals surface area contributed by atoms with Gasteiger partial charge in [-0.1, -0.05) is 11.8 Å². The zero-order valence-corrected chi connectivity index (χ0v) is 12.9. The standard InChI is InChI=1S/C12H18F3N3O2S/c1-8-9(2)18(4-5-20-3)11(17-8)21-6-10(19)16-7-12(13,14)15/h4-7H2,1-3H3,(H,16,19). The predicted molar refractivity (Wildman–Crippen MR) is 73.4 cm³/mol. The molecule has 0 aliphatic carbocycles. The highest BCUT2D eigenvalue weighted by Crippen LogP contribution is 2.21. The molecule has 0 saturated heterocycles. The van der Waals surface area contributed by atoms with E-state index in [9.17, 15) is 18.0 Å². The molecule has 0 unspecified atom stereocenters. The van der Waals surface area contributed by atoms with Gasteiger partial charge in [-0.2, -0.15) is 13.2 Å². The van der Waals surface area contributed by atoms with Crippen LogP contribution in [0.4, 0.5) is 13.2 Å². The largest absolute Gasteiger partial charge is 0.405 e. The molecule has 0 radical (unpaired) electrons. The van der Waals surface area contributed by atoms with Crippen LogP contribution in [-0.2, 0) is 16.1 Å². The third-order valence-corrected chi connectivity index (χ3v) is 3.74. The summed E-state index contributed by atoms with van der Waals surface area (Å²) in [7, 11) is 1.58. The van der Waals surface area contributed by atoms with E-state index in [1.807, 2.05) is 23.7 Å². The Hall–Kier alpha value is -1.22. The average molecular weight is 325 g/mol. The Morgan fingerprint density at radius 2 is 2.10 bits per heavy atom. The number of imidazole rings is 1. The van der Waals surface area contributed by atoms with Gasteiger partial charge in [0.15, 0.2) is 5.16 Å². The molecule has 21 heavy (non-hydrogen) atoms. The Bertz CT molecular complexity index is 489. The third-order valence-electron chi connectivity index (χ3n) is 2.76. The second-order valence-electron chi connectivity index (χ2n) is 4.39. The number of hydrogen-bond acceptors (Lipinski definition) is 4. The number of methoxy groups -OCH3 is 1. The maximum atomic E-state index is 12.0. The highest BCUT2D eigenvalue weighted by Gasteiger charge is 2.27. The number of nitrogens with one attached hydrogen (secondary N) is 1. The fourth-order valence-corrected chi connectivity index (χ4v) is 2.51. The lowest BCUT2D eigenvalue weighted by Crippen LogP contribution is -2.34. The molecule has 9 heteroatoms. The summed E-state index contributed by atoms with van der Waals surface area (Å²) in [5.74, 6) is -0.784. The van der Waals surface area contributed by atoms with E-state index < -0.39 is 18.6 Å². The molecule has 0 aliphatic heterocycles. The summed E-state index contributed by atoms with van der Waals surface area (Å²) in [6.07, 6.45) is -4.40. The first-order valence-corrected chi connectivity index (χ1v) is 7.22. The second kappa shape index (κ2) is 7.69. The number of carbonyl (C=O) groups is 1. The lowest BCUT2D eigenvalue weighted by molar-refractivity contribution is -0.136. The fraction of sp³-hybridized carbons (Fsp3) is 0.667. The number of rotatable bonds is 7. The molecule has 1 aromatic heterocycles. The van der Waals surface area contributed by atoms with Crippen molar-refractivity contribution in [1.29, 1.82) is 0 Å². The van der Waals surface area contributed by atoms with Crippen molar-refractivity contribution in [1.82, 2.24) is 14.9 Å². The molecule has 0 saturated carbocycles. The smallest absolute Gasteiger partial charge is 0.383 e. The normalized spacial score (nSPS) is 11.7. The van der Waals surface area contributed by atoms with Crippen LogP contribution in [0, 0.1) is 13.8 Å². The molecule has 5 nitrogen and oxygen atoms in total. The van der Waals surface area contributed by atoms with Crippen LogP contribution in [0.2, 0.25) is 0 Å². The summed E-state index contributed by atoms with van der Waals surface area (Å²) in [6.45, 7) is 3.49. The van der Waals surface area contributed by atoms with Crippen LogP contribution in [0.15, 0.2) is 5.16 Å². The van der Waals surface area contributed by atoms with Crippen LogP contribution >= 0.6 is 11.8 Å². The molecular weight excluding hydrogens is 307 g/mol. The minimum absolute atomic E-state index is 0.112. The number of hydrogen-bond donors (Lipinski definition) is 1. The van der Waals surface area contributed by atoms with Crippen LogP contribution in [0.1, 0.15) is 11.4 Å². The van der Waals surface area contributed by atoms with Crippen LogP contribution in [-0.4, -0.2) is 47.6 Å². The Labute approximate surface area is 125 Å². The van der Waals surface area contributed by atoms with Gasteiger partial charge in [0, 0.05) is 19.3 Å². The summed E-state index contributed by atoms with van der Waals surface area (Å²) in [4.78, 5) is 15.7. The fourth-order valence-electron chi connectivity index (χ4n) is 1.56. The van der Waals surface area contributed by atoms with Crippen molar-refractivity contribution in [3.63, 3.8) is 0 Å². The summed E-state index contributed by atoms with van der Waals surface area (Å²) in [5.41, 5.74) is 1.77. The van der Waals surface area contributed by atoms with Gasteiger partial charge in [-0.3, -0.25) is 4.79 Å². The van der Waals surface area contributed by atoms with Gasteiger partial charge in [0.1, 0.15) is 6.54 Å². The number of halogens is 3. The first kappa shape index (κ1) is 17.8. The minimum Gasteiger partial charge on any atom is -0.383 e. The van der Waals surface area contributed by atoms with Crippen molar-refractivity contribution < 1.29 is 22.7 Å². The molecule has 120 valence electrons. The Balaban J connectivity index is 2.58. The van der Waals surface area contributed by atoms with Crippen molar-refractivity contribution in [3.05, 3.63) is 11.4 Å². The molecule has 1 N–H and O–H groups in total. The average Bonchev–Trinajstić information content (AvgIpc) is 2.66. The molecule has 1 rings (SSSR count). The first-order valence-electron chi connectivity index (χ1n) is 6.23. The topological polar surface area (TPSA) is 56.1 Å². The van der Waals surface area contributed by atoms with Crippen molar-refractivity contribution in [2.75, 3.05) is 26.0 Å². The van der Waals surface area contributed by atoms with Gasteiger partial charge in [0.25, 0.3) is 0 Å². The van der Waals surface area contributed by atoms with Crippen molar-refractivity contribution in [3.8, 4) is 0 Å². The molecule has 0 aliphatic rings. The number of alkyl halides is 3. The van der Waals surface area contributed by atoms with E-state index in [2.05, 4.69) is 4.98 Å². The molecular formula is C12H18F3N3O2S. The van der Waals surface area contributed by atoms with Crippen molar-refractivity contribution in [2.45, 2.75) is 31.7 Å². The highest BCUT2D eigenvalue weighted by molar-refractivity contribution is 7.99. The lowest BCUT2D eigenvalue weighted by atomic mass is 10.4. The number of aryl methyl sites for hydroxylation is 1. The molecule has 0 bridgehead atoms. The van der Waals surface area contributed by atoms with Gasteiger partial charge >= 0.3 is 6.18 Å². The number of amides is 1. The van der Waals surface area contributed by atoms with Gasteiger partial charge in [-0.05, 0) is 13.8 Å². The number of thioether (sulfide) groups is 1. The Kier molecular flexibility index (Phi) is 6.53. The molecule has 0 aromatic carbocycles. The summed E-state index contributed by atoms with van der Waals surface area (Å²) < 4.78 is 42.9. The molecule has 1 amide bonds. The van der Waals surface area contributed by atoms with Gasteiger partial charge in [-0.15, -0.1) is 0 Å². The van der Waals surface area contributed by atoms with Crippen molar-refractivity contribution in [2.24, 2.45) is 0 Å². The molecule has 1 aromatic rings. The summed E-state index contributed by atoms with van der Waals surface area (Å²) >= 11 is 1.11. The van der Waals surface area contributed by atoms with Gasteiger partial charge < -0.3 is 14.6 Å². The second-order valence-corrected chi connectivity index (χ2v) is 5.33. The Morgan fingerprint density at radius 1 is 1.43 bits per heavy atom. The lowest BCUT2D eigenvalue weighted by Gasteiger charge is -2.10. The van der Waals surface area contributed by atoms with Gasteiger partial charge in [0.05, 0.1) is 18.1 Å². The molecule has 0 atom stereocenters. The van der Waals surface area contributed by atoms with E-state index in [-0.39, 0.29) is 5.75 Å². The molecule has 0 fully saturated rings. The predicted octanol–water partition coefficient (Wildman–Crippen LogP) is 1.92. The maximum absolute atomic E-state index is 12.0. The van der Waals surface area contributed by atoms with Gasteiger partial charge in [0.2, 0.25) is 5.91 Å². The van der Waals surface area contributed by atoms with Crippen LogP contribution < -0.4 is 5.32 Å². The monoisotopic (exact) mass is 325 g/mol. The van der Waals surface area contributed by atoms with E-state index >= 15 is 0 Å².